The van der Waals surface area contributed by atoms with Crippen LogP contribution in [0.5, 0.6) is 0 Å². The molecule has 1 N–H and O–H groups in total. The van der Waals surface area contributed by atoms with E-state index in [2.05, 4.69) is 9.82 Å². The summed E-state index contributed by atoms with van der Waals surface area (Å²) in [5.74, 6) is 0. The van der Waals surface area contributed by atoms with Crippen LogP contribution in [0.4, 0.5) is 0 Å². The molecule has 1 saturated carbocycles. The fourth-order valence-electron chi connectivity index (χ4n) is 2.39. The SMILES string of the molecule is O=c1cc2c(nn1CCNS(=O)(=O)C1CC1)CCC2. The van der Waals surface area contributed by atoms with Gasteiger partial charge < -0.3 is 0 Å². The quantitative estimate of drug-likeness (QED) is 0.812. The van der Waals surface area contributed by atoms with Gasteiger partial charge >= 0.3 is 0 Å². The third kappa shape index (κ3) is 2.71. The summed E-state index contributed by atoms with van der Waals surface area (Å²) in [7, 11) is -3.17. The highest BCUT2D eigenvalue weighted by atomic mass is 32.2. The largest absolute Gasteiger partial charge is 0.268 e. The van der Waals surface area contributed by atoms with Gasteiger partial charge in [-0.3, -0.25) is 4.79 Å². The number of hydrogen-bond donors (Lipinski definition) is 1. The first-order chi connectivity index (χ1) is 9.06. The number of aryl methyl sites for hydroxylation is 2. The maximum atomic E-state index is 11.8. The number of fused-ring (bicyclic) bond motifs is 1. The van der Waals surface area contributed by atoms with Crippen molar-refractivity contribution < 1.29 is 8.42 Å². The van der Waals surface area contributed by atoms with E-state index in [9.17, 15) is 13.2 Å². The lowest BCUT2D eigenvalue weighted by Crippen LogP contribution is -2.34. The van der Waals surface area contributed by atoms with Crippen LogP contribution in [0, 0.1) is 0 Å². The molecule has 19 heavy (non-hydrogen) atoms. The number of nitrogens with zero attached hydrogens (tertiary/aromatic N) is 2. The maximum absolute atomic E-state index is 11.8. The molecule has 0 unspecified atom stereocenters. The standard InChI is InChI=1S/C12H17N3O3S/c16-12-8-9-2-1-3-11(9)14-15(12)7-6-13-19(17,18)10-4-5-10/h8,10,13H,1-7H2. The fraction of sp³-hybridized carbons (Fsp3) is 0.667. The van der Waals surface area contributed by atoms with E-state index in [1.807, 2.05) is 0 Å². The van der Waals surface area contributed by atoms with Crippen molar-refractivity contribution in [1.29, 1.82) is 0 Å². The Morgan fingerprint density at radius 2 is 2.16 bits per heavy atom. The predicted octanol–water partition coefficient (Wildman–Crippen LogP) is -0.186. The molecule has 0 aliphatic heterocycles. The van der Waals surface area contributed by atoms with Crippen LogP contribution in [0.15, 0.2) is 10.9 Å². The lowest BCUT2D eigenvalue weighted by atomic mass is 10.2. The molecule has 0 atom stereocenters. The molecule has 1 heterocycles. The van der Waals surface area contributed by atoms with Gasteiger partial charge in [0.2, 0.25) is 10.0 Å². The zero-order valence-electron chi connectivity index (χ0n) is 10.6. The summed E-state index contributed by atoms with van der Waals surface area (Å²) in [5.41, 5.74) is 1.87. The predicted molar refractivity (Wildman–Crippen MR) is 70.5 cm³/mol. The lowest BCUT2D eigenvalue weighted by molar-refractivity contribution is 0.541. The van der Waals surface area contributed by atoms with Crippen molar-refractivity contribution in [2.45, 2.75) is 43.9 Å². The minimum atomic E-state index is -3.17. The average molecular weight is 283 g/mol. The molecule has 1 aromatic heterocycles. The molecule has 0 aromatic carbocycles. The minimum Gasteiger partial charge on any atom is -0.268 e. The first-order valence-electron chi connectivity index (χ1n) is 6.65. The van der Waals surface area contributed by atoms with Gasteiger partial charge in [0.15, 0.2) is 0 Å². The molecular weight excluding hydrogens is 266 g/mol. The Labute approximate surface area is 111 Å². The molecule has 0 spiro atoms. The van der Waals surface area contributed by atoms with Crippen LogP contribution in [-0.4, -0.2) is 30.0 Å². The summed E-state index contributed by atoms with van der Waals surface area (Å²) in [6.45, 7) is 0.516. The zero-order valence-corrected chi connectivity index (χ0v) is 11.4. The number of aromatic nitrogens is 2. The summed E-state index contributed by atoms with van der Waals surface area (Å²) in [4.78, 5) is 11.8. The first-order valence-corrected chi connectivity index (χ1v) is 8.19. The van der Waals surface area contributed by atoms with Crippen LogP contribution >= 0.6 is 0 Å². The Kier molecular flexibility index (Phi) is 3.18. The number of hydrogen-bond acceptors (Lipinski definition) is 4. The third-order valence-electron chi connectivity index (χ3n) is 3.61. The van der Waals surface area contributed by atoms with Crippen LogP contribution < -0.4 is 10.3 Å². The molecule has 6 nitrogen and oxygen atoms in total. The van der Waals surface area contributed by atoms with Gasteiger partial charge in [0, 0.05) is 12.6 Å². The fourth-order valence-corrected chi connectivity index (χ4v) is 3.76. The first kappa shape index (κ1) is 12.8. The van der Waals surface area contributed by atoms with Crippen LogP contribution in [0.25, 0.3) is 0 Å². The molecule has 2 aliphatic carbocycles. The van der Waals surface area contributed by atoms with E-state index in [-0.39, 0.29) is 23.9 Å². The second-order valence-corrected chi connectivity index (χ2v) is 7.22. The number of sulfonamides is 1. The van der Waals surface area contributed by atoms with Crippen molar-refractivity contribution >= 4 is 10.0 Å². The highest BCUT2D eigenvalue weighted by Gasteiger charge is 2.35. The lowest BCUT2D eigenvalue weighted by Gasteiger charge is -2.08. The molecule has 1 aromatic rings. The van der Waals surface area contributed by atoms with Crippen LogP contribution in [0.3, 0.4) is 0 Å². The highest BCUT2D eigenvalue weighted by Crippen LogP contribution is 2.27. The van der Waals surface area contributed by atoms with Gasteiger partial charge in [-0.2, -0.15) is 5.10 Å². The third-order valence-corrected chi connectivity index (χ3v) is 5.57. The Morgan fingerprint density at radius 1 is 1.37 bits per heavy atom. The van der Waals surface area contributed by atoms with Crippen molar-refractivity contribution in [3.8, 4) is 0 Å². The van der Waals surface area contributed by atoms with Gasteiger partial charge in [-0.15, -0.1) is 0 Å². The monoisotopic (exact) mass is 283 g/mol. The summed E-state index contributed by atoms with van der Waals surface area (Å²) in [5, 5.41) is 4.08. The Balaban J connectivity index is 1.66. The van der Waals surface area contributed by atoms with Crippen molar-refractivity contribution in [3.63, 3.8) is 0 Å². The Morgan fingerprint density at radius 3 is 2.89 bits per heavy atom. The molecule has 3 rings (SSSR count). The summed E-state index contributed by atoms with van der Waals surface area (Å²) < 4.78 is 27.2. The second kappa shape index (κ2) is 4.72. The zero-order chi connectivity index (χ0) is 13.5. The van der Waals surface area contributed by atoms with E-state index < -0.39 is 10.0 Å². The van der Waals surface area contributed by atoms with Gasteiger partial charge in [-0.25, -0.2) is 17.8 Å². The van der Waals surface area contributed by atoms with Crippen molar-refractivity contribution in [2.24, 2.45) is 0 Å². The van der Waals surface area contributed by atoms with E-state index in [4.69, 9.17) is 0 Å². The maximum Gasteiger partial charge on any atom is 0.267 e. The summed E-state index contributed by atoms with van der Waals surface area (Å²) in [6.07, 6.45) is 4.36. The highest BCUT2D eigenvalue weighted by molar-refractivity contribution is 7.90. The molecule has 0 bridgehead atoms. The van der Waals surface area contributed by atoms with Gasteiger partial charge in [0.05, 0.1) is 17.5 Å². The molecule has 0 radical (unpaired) electrons. The summed E-state index contributed by atoms with van der Waals surface area (Å²) >= 11 is 0. The molecule has 0 saturated heterocycles. The minimum absolute atomic E-state index is 0.147. The van der Waals surface area contributed by atoms with E-state index in [1.54, 1.807) is 6.07 Å². The van der Waals surface area contributed by atoms with Crippen molar-refractivity contribution in [2.75, 3.05) is 6.54 Å². The molecule has 1 fully saturated rings. The number of rotatable bonds is 5. The van der Waals surface area contributed by atoms with Crippen LogP contribution in [0.2, 0.25) is 0 Å². The van der Waals surface area contributed by atoms with E-state index in [0.717, 1.165) is 43.4 Å². The van der Waals surface area contributed by atoms with Gasteiger partial charge in [-0.05, 0) is 37.7 Å². The smallest absolute Gasteiger partial charge is 0.267 e. The van der Waals surface area contributed by atoms with Gasteiger partial charge in [-0.1, -0.05) is 0 Å². The average Bonchev–Trinajstić information content (AvgIpc) is 3.12. The van der Waals surface area contributed by atoms with Crippen LogP contribution in [0.1, 0.15) is 30.5 Å². The molecule has 0 amide bonds. The van der Waals surface area contributed by atoms with E-state index in [1.165, 1.54) is 4.68 Å². The molecule has 2 aliphatic rings. The number of nitrogens with one attached hydrogen (secondary N) is 1. The van der Waals surface area contributed by atoms with Crippen molar-refractivity contribution in [1.82, 2.24) is 14.5 Å². The Hall–Kier alpha value is -1.21. The molecular formula is C12H17N3O3S. The normalized spacial score (nSPS) is 18.5. The summed E-state index contributed by atoms with van der Waals surface area (Å²) in [6, 6.07) is 1.63. The van der Waals surface area contributed by atoms with Crippen molar-refractivity contribution in [3.05, 3.63) is 27.7 Å². The molecule has 7 heteroatoms. The topological polar surface area (TPSA) is 81.1 Å². The second-order valence-electron chi connectivity index (χ2n) is 5.17. The van der Waals surface area contributed by atoms with E-state index >= 15 is 0 Å². The van der Waals surface area contributed by atoms with E-state index in [0.29, 0.717) is 0 Å². The van der Waals surface area contributed by atoms with Gasteiger partial charge in [0.25, 0.3) is 5.56 Å². The molecule has 104 valence electrons. The Bertz CT molecular complexity index is 647. The van der Waals surface area contributed by atoms with Gasteiger partial charge in [0.1, 0.15) is 0 Å². The van der Waals surface area contributed by atoms with Crippen LogP contribution in [-0.2, 0) is 29.4 Å².